The summed E-state index contributed by atoms with van der Waals surface area (Å²) in [6.07, 6.45) is 2.65. The lowest BCUT2D eigenvalue weighted by atomic mass is 10.3. The maximum absolute atomic E-state index is 12.3. The predicted octanol–water partition coefficient (Wildman–Crippen LogP) is 2.93. The largest absolute Gasteiger partial charge is 0.494 e. The molecule has 7 nitrogen and oxygen atoms in total. The summed E-state index contributed by atoms with van der Waals surface area (Å²) in [5.74, 6) is 0.913. The Morgan fingerprint density at radius 1 is 1.07 bits per heavy atom. The fourth-order valence-electron chi connectivity index (χ4n) is 2.43. The Kier molecular flexibility index (Phi) is 6.53. The molecule has 2 aromatic carbocycles. The van der Waals surface area contributed by atoms with Crippen LogP contribution in [0.15, 0.2) is 53.4 Å². The lowest BCUT2D eigenvalue weighted by Crippen LogP contribution is -2.26. The zero-order chi connectivity index (χ0) is 20.0. The summed E-state index contributed by atoms with van der Waals surface area (Å²) in [5.41, 5.74) is 0.399. The second-order valence-electron chi connectivity index (χ2n) is 6.58. The van der Waals surface area contributed by atoms with E-state index in [9.17, 15) is 13.2 Å². The molecular weight excluding hydrogens is 380 g/mol. The van der Waals surface area contributed by atoms with E-state index in [0.717, 1.165) is 25.0 Å². The van der Waals surface area contributed by atoms with E-state index in [1.807, 2.05) is 6.92 Å². The van der Waals surface area contributed by atoms with Crippen molar-refractivity contribution in [1.82, 2.24) is 4.72 Å². The van der Waals surface area contributed by atoms with Gasteiger partial charge in [0.15, 0.2) is 6.61 Å². The third-order valence-corrected chi connectivity index (χ3v) is 5.51. The molecule has 0 spiro atoms. The molecule has 1 aliphatic rings. The summed E-state index contributed by atoms with van der Waals surface area (Å²) in [5, 5.41) is 2.65. The van der Waals surface area contributed by atoms with Crippen molar-refractivity contribution in [2.24, 2.45) is 0 Å². The molecule has 0 atom stereocenters. The van der Waals surface area contributed by atoms with Crippen LogP contribution in [-0.4, -0.2) is 33.6 Å². The highest BCUT2D eigenvalue weighted by Crippen LogP contribution is 2.23. The maximum atomic E-state index is 12.3. The number of rotatable bonds is 10. The van der Waals surface area contributed by atoms with Gasteiger partial charge in [0.2, 0.25) is 10.0 Å². The van der Waals surface area contributed by atoms with Gasteiger partial charge in [-0.15, -0.1) is 0 Å². The molecule has 2 aromatic rings. The van der Waals surface area contributed by atoms with Gasteiger partial charge in [-0.3, -0.25) is 4.79 Å². The monoisotopic (exact) mass is 404 g/mol. The normalized spacial score (nSPS) is 13.8. The molecule has 0 bridgehead atoms. The summed E-state index contributed by atoms with van der Waals surface area (Å²) in [4.78, 5) is 12.2. The first kappa shape index (κ1) is 20.2. The lowest BCUT2D eigenvalue weighted by Gasteiger charge is -2.10. The van der Waals surface area contributed by atoms with E-state index in [0.29, 0.717) is 18.0 Å². The molecule has 1 saturated carbocycles. The predicted molar refractivity (Wildman–Crippen MR) is 106 cm³/mol. The highest BCUT2D eigenvalue weighted by Gasteiger charge is 2.28. The highest BCUT2D eigenvalue weighted by atomic mass is 32.2. The van der Waals surface area contributed by atoms with Crippen molar-refractivity contribution < 1.29 is 22.7 Å². The topological polar surface area (TPSA) is 93.7 Å². The summed E-state index contributed by atoms with van der Waals surface area (Å²) in [6, 6.07) is 13.2. The summed E-state index contributed by atoms with van der Waals surface area (Å²) < 4.78 is 38.1. The van der Waals surface area contributed by atoms with Crippen LogP contribution in [0, 0.1) is 0 Å². The fraction of sp³-hybridized carbons (Fsp3) is 0.350. The standard InChI is InChI=1S/C20H24N2O5S/c1-2-12-26-17-8-10-18(11-9-17)27-14-20(23)21-16-4-3-5-19(13-16)28(24,25)22-15-6-7-15/h3-5,8-11,13,15,22H,2,6-7,12,14H2,1H3,(H,21,23). The molecule has 1 fully saturated rings. The van der Waals surface area contributed by atoms with E-state index in [4.69, 9.17) is 9.47 Å². The molecule has 3 rings (SSSR count). The molecule has 150 valence electrons. The van der Waals surface area contributed by atoms with E-state index in [1.54, 1.807) is 36.4 Å². The van der Waals surface area contributed by atoms with Crippen LogP contribution < -0.4 is 19.5 Å². The Balaban J connectivity index is 1.52. The van der Waals surface area contributed by atoms with Crippen LogP contribution in [0.3, 0.4) is 0 Å². The first-order valence-corrected chi connectivity index (χ1v) is 10.7. The number of carbonyl (C=O) groups is 1. The number of benzene rings is 2. The van der Waals surface area contributed by atoms with Gasteiger partial charge >= 0.3 is 0 Å². The first-order valence-electron chi connectivity index (χ1n) is 9.24. The van der Waals surface area contributed by atoms with Gasteiger partial charge in [-0.1, -0.05) is 13.0 Å². The number of nitrogens with one attached hydrogen (secondary N) is 2. The van der Waals surface area contributed by atoms with Gasteiger partial charge in [-0.2, -0.15) is 0 Å². The molecule has 0 aromatic heterocycles. The van der Waals surface area contributed by atoms with Crippen LogP contribution in [0.1, 0.15) is 26.2 Å². The minimum Gasteiger partial charge on any atom is -0.494 e. The van der Waals surface area contributed by atoms with E-state index in [1.165, 1.54) is 12.1 Å². The van der Waals surface area contributed by atoms with Crippen LogP contribution >= 0.6 is 0 Å². The Morgan fingerprint density at radius 3 is 2.39 bits per heavy atom. The van der Waals surface area contributed by atoms with E-state index in [2.05, 4.69) is 10.0 Å². The number of ether oxygens (including phenoxy) is 2. The Morgan fingerprint density at radius 2 is 1.75 bits per heavy atom. The molecule has 1 aliphatic carbocycles. The molecule has 0 aliphatic heterocycles. The van der Waals surface area contributed by atoms with Gasteiger partial charge in [0.1, 0.15) is 11.5 Å². The van der Waals surface area contributed by atoms with Gasteiger partial charge in [-0.05, 0) is 61.7 Å². The number of hydrogen-bond acceptors (Lipinski definition) is 5. The Labute approximate surface area is 165 Å². The molecular formula is C20H24N2O5S. The average molecular weight is 404 g/mol. The van der Waals surface area contributed by atoms with Gasteiger partial charge in [-0.25, -0.2) is 13.1 Å². The van der Waals surface area contributed by atoms with Gasteiger partial charge in [0.05, 0.1) is 11.5 Å². The number of amides is 1. The zero-order valence-electron chi connectivity index (χ0n) is 15.7. The summed E-state index contributed by atoms with van der Waals surface area (Å²) in [7, 11) is -3.57. The summed E-state index contributed by atoms with van der Waals surface area (Å²) >= 11 is 0. The number of anilines is 1. The van der Waals surface area contributed by atoms with E-state index >= 15 is 0 Å². The zero-order valence-corrected chi connectivity index (χ0v) is 16.5. The molecule has 0 saturated heterocycles. The van der Waals surface area contributed by atoms with Crippen LogP contribution in [-0.2, 0) is 14.8 Å². The Bertz CT molecular complexity index is 908. The number of hydrogen-bond donors (Lipinski definition) is 2. The molecule has 1 amide bonds. The van der Waals surface area contributed by atoms with E-state index < -0.39 is 10.0 Å². The minimum absolute atomic E-state index is 0.0235. The number of sulfonamides is 1. The molecule has 0 heterocycles. The van der Waals surface area contributed by atoms with Crippen molar-refractivity contribution in [3.63, 3.8) is 0 Å². The van der Waals surface area contributed by atoms with Crippen molar-refractivity contribution >= 4 is 21.6 Å². The molecule has 2 N–H and O–H groups in total. The molecule has 0 radical (unpaired) electrons. The van der Waals surface area contributed by atoms with Gasteiger partial charge in [0.25, 0.3) is 5.91 Å². The number of carbonyl (C=O) groups excluding carboxylic acids is 1. The highest BCUT2D eigenvalue weighted by molar-refractivity contribution is 7.89. The molecule has 8 heteroatoms. The van der Waals surface area contributed by atoms with Crippen molar-refractivity contribution in [3.05, 3.63) is 48.5 Å². The van der Waals surface area contributed by atoms with Crippen LogP contribution in [0.4, 0.5) is 5.69 Å². The van der Waals surface area contributed by atoms with E-state index in [-0.39, 0.29) is 23.5 Å². The second kappa shape index (κ2) is 9.07. The molecule has 0 unspecified atom stereocenters. The lowest BCUT2D eigenvalue weighted by molar-refractivity contribution is -0.118. The second-order valence-corrected chi connectivity index (χ2v) is 8.29. The maximum Gasteiger partial charge on any atom is 0.262 e. The van der Waals surface area contributed by atoms with Crippen LogP contribution in [0.5, 0.6) is 11.5 Å². The molecule has 28 heavy (non-hydrogen) atoms. The van der Waals surface area contributed by atoms with Crippen molar-refractivity contribution in [1.29, 1.82) is 0 Å². The minimum atomic E-state index is -3.57. The third kappa shape index (κ3) is 5.97. The Hall–Kier alpha value is -2.58. The third-order valence-electron chi connectivity index (χ3n) is 3.99. The van der Waals surface area contributed by atoms with Crippen LogP contribution in [0.25, 0.3) is 0 Å². The van der Waals surface area contributed by atoms with Crippen molar-refractivity contribution in [2.75, 3.05) is 18.5 Å². The smallest absolute Gasteiger partial charge is 0.262 e. The van der Waals surface area contributed by atoms with Gasteiger partial charge in [0, 0.05) is 11.7 Å². The van der Waals surface area contributed by atoms with Gasteiger partial charge < -0.3 is 14.8 Å². The quantitative estimate of drug-likeness (QED) is 0.635. The first-order chi connectivity index (χ1) is 13.5. The SMILES string of the molecule is CCCOc1ccc(OCC(=O)Nc2cccc(S(=O)(=O)NC3CC3)c2)cc1. The van der Waals surface area contributed by atoms with Crippen molar-refractivity contribution in [2.45, 2.75) is 37.1 Å². The van der Waals surface area contributed by atoms with Crippen molar-refractivity contribution in [3.8, 4) is 11.5 Å². The van der Waals surface area contributed by atoms with Crippen LogP contribution in [0.2, 0.25) is 0 Å². The summed E-state index contributed by atoms with van der Waals surface area (Å²) in [6.45, 7) is 2.49. The fourth-order valence-corrected chi connectivity index (χ4v) is 3.78. The average Bonchev–Trinajstić information content (AvgIpc) is 3.49.